The lowest BCUT2D eigenvalue weighted by atomic mass is 10.2. The SMILES string of the molecule is CCCN(C)c1cc(C)ccc1F. The highest BCUT2D eigenvalue weighted by atomic mass is 19.1. The molecule has 2 heteroatoms. The highest BCUT2D eigenvalue weighted by Crippen LogP contribution is 2.19. The molecule has 13 heavy (non-hydrogen) atoms. The van der Waals surface area contributed by atoms with Crippen molar-refractivity contribution in [3.05, 3.63) is 29.6 Å². The molecule has 1 rings (SSSR count). The summed E-state index contributed by atoms with van der Waals surface area (Å²) in [6.45, 7) is 4.95. The number of hydrogen-bond donors (Lipinski definition) is 0. The first kappa shape index (κ1) is 10.0. The van der Waals surface area contributed by atoms with E-state index in [9.17, 15) is 4.39 Å². The summed E-state index contributed by atoms with van der Waals surface area (Å²) < 4.78 is 13.3. The Morgan fingerprint density at radius 1 is 1.38 bits per heavy atom. The van der Waals surface area contributed by atoms with Crippen LogP contribution in [0.25, 0.3) is 0 Å². The highest BCUT2D eigenvalue weighted by Gasteiger charge is 2.05. The molecule has 1 aromatic carbocycles. The average Bonchev–Trinajstić information content (AvgIpc) is 2.09. The van der Waals surface area contributed by atoms with Gasteiger partial charge in [0.2, 0.25) is 0 Å². The van der Waals surface area contributed by atoms with Crippen LogP contribution in [0, 0.1) is 12.7 Å². The number of benzene rings is 1. The summed E-state index contributed by atoms with van der Waals surface area (Å²) in [6, 6.07) is 5.19. The number of aryl methyl sites for hydroxylation is 1. The number of rotatable bonds is 3. The van der Waals surface area contributed by atoms with Gasteiger partial charge in [-0.1, -0.05) is 13.0 Å². The van der Waals surface area contributed by atoms with Crippen LogP contribution in [0.2, 0.25) is 0 Å². The van der Waals surface area contributed by atoms with E-state index in [1.807, 2.05) is 24.9 Å². The molecule has 0 N–H and O–H groups in total. The van der Waals surface area contributed by atoms with Crippen molar-refractivity contribution in [3.8, 4) is 0 Å². The fourth-order valence-corrected chi connectivity index (χ4v) is 1.37. The Hall–Kier alpha value is -1.05. The van der Waals surface area contributed by atoms with Crippen LogP contribution < -0.4 is 4.90 Å². The molecule has 1 aromatic rings. The Labute approximate surface area is 79.2 Å². The van der Waals surface area contributed by atoms with Gasteiger partial charge in [-0.25, -0.2) is 4.39 Å². The van der Waals surface area contributed by atoms with Gasteiger partial charge in [-0.2, -0.15) is 0 Å². The molecule has 0 amide bonds. The van der Waals surface area contributed by atoms with E-state index in [2.05, 4.69) is 6.92 Å². The van der Waals surface area contributed by atoms with Gasteiger partial charge in [0, 0.05) is 13.6 Å². The minimum absolute atomic E-state index is 0.137. The van der Waals surface area contributed by atoms with E-state index in [0.29, 0.717) is 5.69 Å². The molecule has 0 fully saturated rings. The molecular weight excluding hydrogens is 165 g/mol. The lowest BCUT2D eigenvalue weighted by Crippen LogP contribution is -2.19. The second-order valence-electron chi connectivity index (χ2n) is 3.38. The van der Waals surface area contributed by atoms with Gasteiger partial charge in [0.15, 0.2) is 0 Å². The lowest BCUT2D eigenvalue weighted by molar-refractivity contribution is 0.621. The Morgan fingerprint density at radius 2 is 2.08 bits per heavy atom. The summed E-state index contributed by atoms with van der Waals surface area (Å²) in [5.41, 5.74) is 1.79. The Morgan fingerprint density at radius 3 is 2.69 bits per heavy atom. The zero-order valence-corrected chi connectivity index (χ0v) is 8.47. The van der Waals surface area contributed by atoms with Gasteiger partial charge in [-0.15, -0.1) is 0 Å². The monoisotopic (exact) mass is 181 g/mol. The third kappa shape index (κ3) is 2.44. The fraction of sp³-hybridized carbons (Fsp3) is 0.455. The van der Waals surface area contributed by atoms with Crippen LogP contribution in [0.15, 0.2) is 18.2 Å². The molecule has 72 valence electrons. The summed E-state index contributed by atoms with van der Waals surface area (Å²) in [4.78, 5) is 1.95. The van der Waals surface area contributed by atoms with Crippen molar-refractivity contribution in [2.24, 2.45) is 0 Å². The topological polar surface area (TPSA) is 3.24 Å². The van der Waals surface area contributed by atoms with E-state index in [0.717, 1.165) is 18.5 Å². The highest BCUT2D eigenvalue weighted by molar-refractivity contribution is 5.49. The van der Waals surface area contributed by atoms with Crippen LogP contribution in [0.3, 0.4) is 0 Å². The normalized spacial score (nSPS) is 10.2. The standard InChI is InChI=1S/C11H16FN/c1-4-7-13(3)11-8-9(2)5-6-10(11)12/h5-6,8H,4,7H2,1-3H3. The first-order valence-corrected chi connectivity index (χ1v) is 4.62. The van der Waals surface area contributed by atoms with E-state index in [1.165, 1.54) is 6.07 Å². The van der Waals surface area contributed by atoms with Gasteiger partial charge in [0.1, 0.15) is 5.82 Å². The maximum atomic E-state index is 13.3. The van der Waals surface area contributed by atoms with Crippen LogP contribution >= 0.6 is 0 Å². The molecule has 1 nitrogen and oxygen atoms in total. The second-order valence-corrected chi connectivity index (χ2v) is 3.38. The average molecular weight is 181 g/mol. The van der Waals surface area contributed by atoms with Gasteiger partial charge >= 0.3 is 0 Å². The van der Waals surface area contributed by atoms with Gasteiger partial charge in [-0.05, 0) is 31.0 Å². The fourth-order valence-electron chi connectivity index (χ4n) is 1.37. The molecule has 0 bridgehead atoms. The van der Waals surface area contributed by atoms with Gasteiger partial charge in [0.25, 0.3) is 0 Å². The van der Waals surface area contributed by atoms with Crippen LogP contribution in [-0.2, 0) is 0 Å². The Balaban J connectivity index is 2.91. The van der Waals surface area contributed by atoms with Gasteiger partial charge in [-0.3, -0.25) is 0 Å². The van der Waals surface area contributed by atoms with E-state index < -0.39 is 0 Å². The summed E-state index contributed by atoms with van der Waals surface area (Å²) in [5, 5.41) is 0. The van der Waals surface area contributed by atoms with E-state index in [-0.39, 0.29) is 5.82 Å². The zero-order chi connectivity index (χ0) is 9.84. The maximum Gasteiger partial charge on any atom is 0.146 e. The third-order valence-electron chi connectivity index (χ3n) is 2.07. The first-order chi connectivity index (χ1) is 6.15. The zero-order valence-electron chi connectivity index (χ0n) is 8.47. The molecule has 0 aromatic heterocycles. The molecule has 0 unspecified atom stereocenters. The van der Waals surface area contributed by atoms with Crippen molar-refractivity contribution < 1.29 is 4.39 Å². The molecule has 0 aliphatic rings. The summed E-state index contributed by atoms with van der Waals surface area (Å²) >= 11 is 0. The largest absolute Gasteiger partial charge is 0.372 e. The van der Waals surface area contributed by atoms with Crippen LogP contribution in [0.5, 0.6) is 0 Å². The van der Waals surface area contributed by atoms with Crippen LogP contribution in [-0.4, -0.2) is 13.6 Å². The first-order valence-electron chi connectivity index (χ1n) is 4.62. The lowest BCUT2D eigenvalue weighted by Gasteiger charge is -2.19. The molecule has 0 atom stereocenters. The minimum Gasteiger partial charge on any atom is -0.372 e. The molecule has 0 spiro atoms. The van der Waals surface area contributed by atoms with Crippen molar-refractivity contribution in [3.63, 3.8) is 0 Å². The molecule has 0 radical (unpaired) electrons. The molecule has 0 aliphatic heterocycles. The van der Waals surface area contributed by atoms with Crippen molar-refractivity contribution in [1.82, 2.24) is 0 Å². The van der Waals surface area contributed by atoms with E-state index >= 15 is 0 Å². The van der Waals surface area contributed by atoms with Crippen molar-refractivity contribution in [2.75, 3.05) is 18.5 Å². The van der Waals surface area contributed by atoms with Gasteiger partial charge < -0.3 is 4.90 Å². The van der Waals surface area contributed by atoms with Crippen molar-refractivity contribution >= 4 is 5.69 Å². The summed E-state index contributed by atoms with van der Waals surface area (Å²) in [6.07, 6.45) is 1.03. The van der Waals surface area contributed by atoms with Crippen molar-refractivity contribution in [2.45, 2.75) is 20.3 Å². The van der Waals surface area contributed by atoms with Crippen LogP contribution in [0.4, 0.5) is 10.1 Å². The maximum absolute atomic E-state index is 13.3. The predicted octanol–water partition coefficient (Wildman–Crippen LogP) is 2.98. The predicted molar refractivity (Wildman–Crippen MR) is 54.7 cm³/mol. The second kappa shape index (κ2) is 4.26. The molecular formula is C11H16FN. The number of halogens is 1. The minimum atomic E-state index is -0.137. The molecule has 0 saturated carbocycles. The smallest absolute Gasteiger partial charge is 0.146 e. The molecule has 0 aliphatic carbocycles. The number of anilines is 1. The van der Waals surface area contributed by atoms with E-state index in [1.54, 1.807) is 6.07 Å². The Kier molecular flexibility index (Phi) is 3.29. The summed E-state index contributed by atoms with van der Waals surface area (Å²) in [7, 11) is 1.92. The molecule has 0 heterocycles. The molecule has 0 saturated heterocycles. The van der Waals surface area contributed by atoms with Crippen LogP contribution in [0.1, 0.15) is 18.9 Å². The van der Waals surface area contributed by atoms with Crippen molar-refractivity contribution in [1.29, 1.82) is 0 Å². The number of hydrogen-bond acceptors (Lipinski definition) is 1. The Bertz CT molecular complexity index is 283. The number of nitrogens with zero attached hydrogens (tertiary/aromatic N) is 1. The third-order valence-corrected chi connectivity index (χ3v) is 2.07. The summed E-state index contributed by atoms with van der Waals surface area (Å²) in [5.74, 6) is -0.137. The quantitative estimate of drug-likeness (QED) is 0.693. The van der Waals surface area contributed by atoms with E-state index in [4.69, 9.17) is 0 Å². The van der Waals surface area contributed by atoms with Gasteiger partial charge in [0.05, 0.1) is 5.69 Å².